The molecule has 4 aliphatic rings. The maximum Gasteiger partial charge on any atom is 0.179 e. The highest BCUT2D eigenvalue weighted by atomic mass is 15.2. The lowest BCUT2D eigenvalue weighted by atomic mass is 9.40. The number of hydrogen-bond acceptors (Lipinski definition) is 4. The third kappa shape index (κ3) is 1.72. The SMILES string of the molecule is C[C@H]1C2C[C@@H](C(C3NCCN(C#N)[C@H]3C)[C@@H]1N)C2(C)C. The van der Waals surface area contributed by atoms with Gasteiger partial charge < -0.3 is 16.0 Å². The molecule has 0 amide bonds. The normalized spacial score (nSPS) is 50.2. The van der Waals surface area contributed by atoms with Gasteiger partial charge in [0.05, 0.1) is 6.04 Å². The summed E-state index contributed by atoms with van der Waals surface area (Å²) in [4.78, 5) is 1.93. The van der Waals surface area contributed by atoms with Gasteiger partial charge in [-0.05, 0) is 42.4 Å². The first-order valence-electron chi connectivity index (χ1n) is 8.05. The molecule has 112 valence electrons. The first-order valence-corrected chi connectivity index (χ1v) is 8.05. The van der Waals surface area contributed by atoms with Gasteiger partial charge in [0, 0.05) is 25.2 Å². The topological polar surface area (TPSA) is 65.1 Å². The maximum atomic E-state index is 9.29. The predicted octanol–water partition coefficient (Wildman–Crippen LogP) is 1.39. The van der Waals surface area contributed by atoms with Crippen LogP contribution in [0.3, 0.4) is 0 Å². The zero-order valence-corrected chi connectivity index (χ0v) is 13.1. The fraction of sp³-hybridized carbons (Fsp3) is 0.938. The van der Waals surface area contributed by atoms with Gasteiger partial charge in [-0.15, -0.1) is 0 Å². The number of fused-ring (bicyclic) bond motifs is 2. The first kappa shape index (κ1) is 14.2. The van der Waals surface area contributed by atoms with E-state index < -0.39 is 0 Å². The highest BCUT2D eigenvalue weighted by molar-refractivity contribution is 5.14. The van der Waals surface area contributed by atoms with Gasteiger partial charge in [-0.25, -0.2) is 0 Å². The van der Waals surface area contributed by atoms with Gasteiger partial charge in [-0.3, -0.25) is 0 Å². The molecule has 0 aromatic heterocycles. The predicted molar refractivity (Wildman–Crippen MR) is 79.6 cm³/mol. The van der Waals surface area contributed by atoms with Crippen molar-refractivity contribution in [2.24, 2.45) is 34.8 Å². The molecule has 4 heteroatoms. The average Bonchev–Trinajstić information content (AvgIpc) is 2.41. The van der Waals surface area contributed by atoms with Crippen LogP contribution in [0.5, 0.6) is 0 Å². The fourth-order valence-electron chi connectivity index (χ4n) is 5.44. The second-order valence-corrected chi connectivity index (χ2v) is 7.80. The van der Waals surface area contributed by atoms with Crippen LogP contribution in [0.1, 0.15) is 34.1 Å². The van der Waals surface area contributed by atoms with Crippen LogP contribution < -0.4 is 11.1 Å². The molecular formula is C16H28N4. The van der Waals surface area contributed by atoms with Crippen molar-refractivity contribution in [1.82, 2.24) is 10.2 Å². The minimum atomic E-state index is 0.255. The van der Waals surface area contributed by atoms with Gasteiger partial charge in [0.25, 0.3) is 0 Å². The minimum Gasteiger partial charge on any atom is -0.327 e. The molecule has 3 N–H and O–H groups in total. The molecule has 20 heavy (non-hydrogen) atoms. The zero-order chi connectivity index (χ0) is 14.7. The summed E-state index contributed by atoms with van der Waals surface area (Å²) in [7, 11) is 0. The number of nitrogens with one attached hydrogen (secondary N) is 1. The van der Waals surface area contributed by atoms with Gasteiger partial charge in [0.1, 0.15) is 0 Å². The van der Waals surface area contributed by atoms with Crippen LogP contribution in [0.4, 0.5) is 0 Å². The van der Waals surface area contributed by atoms with Crippen molar-refractivity contribution in [3.8, 4) is 6.19 Å². The molecule has 1 aliphatic heterocycles. The number of hydrogen-bond donors (Lipinski definition) is 2. The molecule has 4 rings (SSSR count). The number of nitriles is 1. The largest absolute Gasteiger partial charge is 0.327 e. The van der Waals surface area contributed by atoms with E-state index in [4.69, 9.17) is 5.73 Å². The summed E-state index contributed by atoms with van der Waals surface area (Å²) in [5.74, 6) is 2.57. The van der Waals surface area contributed by atoms with E-state index in [9.17, 15) is 5.26 Å². The third-order valence-electron chi connectivity index (χ3n) is 6.86. The number of nitrogens with two attached hydrogens (primary N) is 1. The standard InChI is InChI=1S/C16H28N4/c1-9-11-7-12(16(11,3)4)13(14(9)18)15-10(2)20(8-17)6-5-19-15/h9-15,19H,5-7,18H2,1-4H3/t9-,10-,11?,12-,13?,14+,15?/m0/s1. The zero-order valence-electron chi connectivity index (χ0n) is 13.1. The smallest absolute Gasteiger partial charge is 0.179 e. The van der Waals surface area contributed by atoms with Gasteiger partial charge in [0.2, 0.25) is 0 Å². The minimum absolute atomic E-state index is 0.255. The van der Waals surface area contributed by atoms with E-state index in [0.29, 0.717) is 29.2 Å². The third-order valence-corrected chi connectivity index (χ3v) is 6.86. The fourth-order valence-corrected chi connectivity index (χ4v) is 5.44. The highest BCUT2D eigenvalue weighted by Crippen LogP contribution is 2.63. The lowest BCUT2D eigenvalue weighted by Gasteiger charge is -2.67. The summed E-state index contributed by atoms with van der Waals surface area (Å²) in [6, 6.07) is 0.877. The summed E-state index contributed by atoms with van der Waals surface area (Å²) < 4.78 is 0. The maximum absolute atomic E-state index is 9.29. The van der Waals surface area contributed by atoms with Crippen LogP contribution in [0.15, 0.2) is 0 Å². The summed E-state index contributed by atoms with van der Waals surface area (Å²) in [5, 5.41) is 13.0. The molecule has 7 atom stereocenters. The molecule has 3 aliphatic carbocycles. The Labute approximate surface area is 122 Å². The Morgan fingerprint density at radius 1 is 1.30 bits per heavy atom. The summed E-state index contributed by atoms with van der Waals surface area (Å²) >= 11 is 0. The van der Waals surface area contributed by atoms with Crippen molar-refractivity contribution >= 4 is 0 Å². The molecule has 0 spiro atoms. The lowest BCUT2D eigenvalue weighted by molar-refractivity contribution is -0.161. The molecule has 4 nitrogen and oxygen atoms in total. The van der Waals surface area contributed by atoms with Crippen LogP contribution in [0.2, 0.25) is 0 Å². The van der Waals surface area contributed by atoms with Crippen molar-refractivity contribution in [3.63, 3.8) is 0 Å². The van der Waals surface area contributed by atoms with Gasteiger partial charge in [-0.2, -0.15) is 5.26 Å². The highest BCUT2D eigenvalue weighted by Gasteiger charge is 2.62. The molecular weight excluding hydrogens is 248 g/mol. The Morgan fingerprint density at radius 3 is 2.60 bits per heavy atom. The summed E-state index contributed by atoms with van der Waals surface area (Å²) in [5.41, 5.74) is 7.02. The summed E-state index contributed by atoms with van der Waals surface area (Å²) in [6.45, 7) is 11.1. The van der Waals surface area contributed by atoms with E-state index in [1.54, 1.807) is 0 Å². The second kappa shape index (κ2) is 4.61. The monoisotopic (exact) mass is 276 g/mol. The quantitative estimate of drug-likeness (QED) is 0.710. The van der Waals surface area contributed by atoms with Gasteiger partial charge >= 0.3 is 0 Å². The molecule has 1 heterocycles. The first-order chi connectivity index (χ1) is 9.39. The van der Waals surface area contributed by atoms with Crippen molar-refractivity contribution in [2.45, 2.75) is 52.2 Å². The Morgan fingerprint density at radius 2 is 2.00 bits per heavy atom. The van der Waals surface area contributed by atoms with Crippen LogP contribution >= 0.6 is 0 Å². The molecule has 0 aromatic carbocycles. The second-order valence-electron chi connectivity index (χ2n) is 7.80. The number of nitrogens with zero attached hydrogens (tertiary/aromatic N) is 2. The summed E-state index contributed by atoms with van der Waals surface area (Å²) in [6.07, 6.45) is 3.67. The molecule has 2 bridgehead atoms. The van der Waals surface area contributed by atoms with Crippen molar-refractivity contribution in [2.75, 3.05) is 13.1 Å². The van der Waals surface area contributed by atoms with E-state index >= 15 is 0 Å². The Kier molecular flexibility index (Phi) is 3.26. The lowest BCUT2D eigenvalue weighted by Crippen LogP contribution is -2.71. The van der Waals surface area contributed by atoms with Crippen LogP contribution in [-0.4, -0.2) is 36.1 Å². The van der Waals surface area contributed by atoms with E-state index in [1.807, 2.05) is 4.90 Å². The van der Waals surface area contributed by atoms with Gasteiger partial charge in [0.15, 0.2) is 6.19 Å². The van der Waals surface area contributed by atoms with Gasteiger partial charge in [-0.1, -0.05) is 20.8 Å². The van der Waals surface area contributed by atoms with Crippen LogP contribution in [-0.2, 0) is 0 Å². The van der Waals surface area contributed by atoms with Crippen LogP contribution in [0, 0.1) is 40.5 Å². The molecule has 1 saturated heterocycles. The molecule has 4 fully saturated rings. The molecule has 3 saturated carbocycles. The van der Waals surface area contributed by atoms with Crippen molar-refractivity contribution in [3.05, 3.63) is 0 Å². The van der Waals surface area contributed by atoms with Crippen molar-refractivity contribution in [1.29, 1.82) is 5.26 Å². The molecule has 3 unspecified atom stereocenters. The van der Waals surface area contributed by atoms with E-state index in [-0.39, 0.29) is 12.1 Å². The Bertz CT molecular complexity index is 427. The van der Waals surface area contributed by atoms with Crippen molar-refractivity contribution < 1.29 is 0 Å². The van der Waals surface area contributed by atoms with E-state index in [1.165, 1.54) is 6.42 Å². The van der Waals surface area contributed by atoms with E-state index in [0.717, 1.165) is 19.0 Å². The molecule has 0 radical (unpaired) electrons. The number of rotatable bonds is 1. The van der Waals surface area contributed by atoms with E-state index in [2.05, 4.69) is 39.2 Å². The Balaban J connectivity index is 1.87. The Hall–Kier alpha value is -0.790. The van der Waals surface area contributed by atoms with Crippen LogP contribution in [0.25, 0.3) is 0 Å². The number of piperazine rings is 1. The molecule has 0 aromatic rings. The average molecular weight is 276 g/mol.